The molecule has 1 aliphatic rings. The second-order valence-electron chi connectivity index (χ2n) is 7.61. The van der Waals surface area contributed by atoms with Crippen molar-refractivity contribution in [2.45, 2.75) is 38.0 Å². The smallest absolute Gasteiger partial charge is 0.268 e. The van der Waals surface area contributed by atoms with E-state index in [2.05, 4.69) is 45.5 Å². The van der Waals surface area contributed by atoms with Gasteiger partial charge in [-0.25, -0.2) is 4.98 Å². The fourth-order valence-corrected chi connectivity index (χ4v) is 6.44. The van der Waals surface area contributed by atoms with Gasteiger partial charge in [0.1, 0.15) is 24.6 Å². The molecule has 0 spiro atoms. The normalized spacial score (nSPS) is 20.0. The highest BCUT2D eigenvalue weighted by atomic mass is 32.1. The van der Waals surface area contributed by atoms with Gasteiger partial charge in [-0.2, -0.15) is 0 Å². The number of aromatic amines is 1. The van der Waals surface area contributed by atoms with E-state index in [-0.39, 0.29) is 11.9 Å². The Morgan fingerprint density at radius 3 is 2.88 bits per heavy atom. The fourth-order valence-electron chi connectivity index (χ4n) is 3.41. The quantitative estimate of drug-likeness (QED) is 0.598. The first-order valence-corrected chi connectivity index (χ1v) is 13.1. The zero-order chi connectivity index (χ0) is 18.1. The van der Waals surface area contributed by atoms with E-state index in [1.807, 2.05) is 24.3 Å². The highest BCUT2D eigenvalue weighted by Gasteiger charge is 2.27. The lowest BCUT2D eigenvalue weighted by Gasteiger charge is -2.22. The van der Waals surface area contributed by atoms with Gasteiger partial charge >= 0.3 is 0 Å². The molecule has 1 aromatic carbocycles. The molecule has 7 heteroatoms. The summed E-state index contributed by atoms with van der Waals surface area (Å²) in [5, 5.41) is 4.15. The Kier molecular flexibility index (Phi) is 4.68. The molecule has 0 bridgehead atoms. The van der Waals surface area contributed by atoms with Crippen LogP contribution < -0.4 is 10.3 Å². The number of nitrogens with zero attached hydrogens (tertiary/aromatic N) is 1. The summed E-state index contributed by atoms with van der Waals surface area (Å²) in [5.41, 5.74) is 2.48. The van der Waals surface area contributed by atoms with E-state index in [4.69, 9.17) is 0 Å². The number of amides is 1. The van der Waals surface area contributed by atoms with Crippen LogP contribution in [0.5, 0.6) is 0 Å². The molecule has 0 aliphatic carbocycles. The Balaban J connectivity index is 1.47. The van der Waals surface area contributed by atoms with Gasteiger partial charge < -0.3 is 15.3 Å². The number of fused-ring (bicyclic) bond motifs is 1. The summed E-state index contributed by atoms with van der Waals surface area (Å²) in [6.07, 6.45) is 2.22. The Labute approximate surface area is 158 Å². The monoisotopic (exact) mass is 384 g/mol. The third-order valence-corrected chi connectivity index (χ3v) is 8.78. The SMILES string of the molecule is C[Si]1(C)CCC[C@@H](NC(=O)c2cc3sc(-c4ccccc4)nc3[nH]2)CN1. The molecule has 1 atom stereocenters. The van der Waals surface area contributed by atoms with Crippen molar-refractivity contribution < 1.29 is 4.79 Å². The van der Waals surface area contributed by atoms with Gasteiger partial charge in [0.25, 0.3) is 5.91 Å². The molecule has 0 radical (unpaired) electrons. The lowest BCUT2D eigenvalue weighted by atomic mass is 10.1. The summed E-state index contributed by atoms with van der Waals surface area (Å²) in [6, 6.07) is 13.5. The highest BCUT2D eigenvalue weighted by molar-refractivity contribution is 7.21. The maximum atomic E-state index is 12.6. The van der Waals surface area contributed by atoms with Crippen LogP contribution in [0.25, 0.3) is 20.9 Å². The molecular weight excluding hydrogens is 360 g/mol. The lowest BCUT2D eigenvalue weighted by molar-refractivity contribution is 0.0931. The van der Waals surface area contributed by atoms with Gasteiger partial charge in [0, 0.05) is 18.2 Å². The maximum absolute atomic E-state index is 12.6. The number of rotatable bonds is 3. The summed E-state index contributed by atoms with van der Waals surface area (Å²) < 4.78 is 1.02. The van der Waals surface area contributed by atoms with E-state index in [9.17, 15) is 4.79 Å². The van der Waals surface area contributed by atoms with Gasteiger partial charge in [-0.15, -0.1) is 11.3 Å². The molecule has 2 aromatic heterocycles. The van der Waals surface area contributed by atoms with Gasteiger partial charge in [-0.1, -0.05) is 49.8 Å². The molecular formula is C19H24N4OSSi. The molecule has 3 N–H and O–H groups in total. The maximum Gasteiger partial charge on any atom is 0.268 e. The van der Waals surface area contributed by atoms with Crippen molar-refractivity contribution in [3.05, 3.63) is 42.1 Å². The number of carbonyl (C=O) groups excluding carboxylic acids is 1. The topological polar surface area (TPSA) is 69.8 Å². The Morgan fingerprint density at radius 2 is 2.12 bits per heavy atom. The summed E-state index contributed by atoms with van der Waals surface area (Å²) in [4.78, 5) is 24.1. The van der Waals surface area contributed by atoms with Crippen LogP contribution in [0.15, 0.2) is 36.4 Å². The summed E-state index contributed by atoms with van der Waals surface area (Å²) in [5.74, 6) is -0.0374. The van der Waals surface area contributed by atoms with Gasteiger partial charge in [-0.3, -0.25) is 4.79 Å². The van der Waals surface area contributed by atoms with E-state index >= 15 is 0 Å². The number of thiazole rings is 1. The molecule has 26 heavy (non-hydrogen) atoms. The Hall–Kier alpha value is -1.96. The molecule has 136 valence electrons. The average molecular weight is 385 g/mol. The van der Waals surface area contributed by atoms with Crippen molar-refractivity contribution >= 4 is 35.8 Å². The van der Waals surface area contributed by atoms with Crippen molar-refractivity contribution in [2.75, 3.05) is 6.54 Å². The predicted molar refractivity (Wildman–Crippen MR) is 110 cm³/mol. The van der Waals surface area contributed by atoms with Crippen LogP contribution in [0, 0.1) is 0 Å². The van der Waals surface area contributed by atoms with E-state index in [0.29, 0.717) is 5.69 Å². The number of hydrogen-bond donors (Lipinski definition) is 3. The minimum Gasteiger partial charge on any atom is -0.347 e. The molecule has 1 aliphatic heterocycles. The first kappa shape index (κ1) is 17.5. The molecule has 1 amide bonds. The van der Waals surface area contributed by atoms with Crippen LogP contribution >= 0.6 is 11.3 Å². The minimum absolute atomic E-state index is 0.0374. The number of hydrogen-bond acceptors (Lipinski definition) is 4. The van der Waals surface area contributed by atoms with Crippen molar-refractivity contribution in [1.82, 2.24) is 20.3 Å². The van der Waals surface area contributed by atoms with Crippen LogP contribution in [0.4, 0.5) is 0 Å². The molecule has 5 nitrogen and oxygen atoms in total. The number of nitrogens with one attached hydrogen (secondary N) is 3. The second-order valence-corrected chi connectivity index (χ2v) is 13.3. The third kappa shape index (κ3) is 3.74. The fraction of sp³-hybridized carbons (Fsp3) is 0.368. The molecule has 1 saturated heterocycles. The summed E-state index contributed by atoms with van der Waals surface area (Å²) in [6.45, 7) is 5.58. The van der Waals surface area contributed by atoms with Gasteiger partial charge in [0.05, 0.1) is 4.70 Å². The average Bonchev–Trinajstić information content (AvgIpc) is 3.14. The van der Waals surface area contributed by atoms with E-state index in [0.717, 1.165) is 33.9 Å². The number of aromatic nitrogens is 2. The first-order chi connectivity index (χ1) is 12.5. The lowest BCUT2D eigenvalue weighted by Crippen LogP contribution is -2.49. The van der Waals surface area contributed by atoms with Crippen molar-refractivity contribution in [2.24, 2.45) is 0 Å². The standard InChI is InChI=1S/C19H24N4OSSi/c1-26(2)10-6-9-14(12-20-26)21-18(24)15-11-16-17(22-15)23-19(25-16)13-7-4-3-5-8-13/h3-5,7-8,11,14,20,22H,6,9-10,12H2,1-2H3,(H,21,24)/t14-/m1/s1. The third-order valence-electron chi connectivity index (χ3n) is 4.96. The molecule has 4 rings (SSSR count). The highest BCUT2D eigenvalue weighted by Crippen LogP contribution is 2.30. The largest absolute Gasteiger partial charge is 0.347 e. The van der Waals surface area contributed by atoms with Crippen molar-refractivity contribution in [3.63, 3.8) is 0 Å². The predicted octanol–water partition coefficient (Wildman–Crippen LogP) is 3.98. The Bertz CT molecular complexity index is 887. The number of H-pyrrole nitrogens is 1. The van der Waals surface area contributed by atoms with Crippen LogP contribution in [-0.4, -0.2) is 36.7 Å². The summed E-state index contributed by atoms with van der Waals surface area (Å²) in [7, 11) is -1.28. The summed E-state index contributed by atoms with van der Waals surface area (Å²) >= 11 is 1.61. The minimum atomic E-state index is -1.28. The van der Waals surface area contributed by atoms with Gasteiger partial charge in [0.2, 0.25) is 0 Å². The molecule has 3 aromatic rings. The van der Waals surface area contributed by atoms with Crippen molar-refractivity contribution in [1.29, 1.82) is 0 Å². The molecule has 0 saturated carbocycles. The van der Waals surface area contributed by atoms with Crippen LogP contribution in [0.1, 0.15) is 23.3 Å². The van der Waals surface area contributed by atoms with Crippen molar-refractivity contribution in [3.8, 4) is 10.6 Å². The van der Waals surface area contributed by atoms with E-state index in [1.54, 1.807) is 11.3 Å². The Morgan fingerprint density at radius 1 is 1.31 bits per heavy atom. The van der Waals surface area contributed by atoms with Crippen LogP contribution in [0.3, 0.4) is 0 Å². The molecule has 1 fully saturated rings. The number of benzene rings is 1. The zero-order valence-corrected chi connectivity index (χ0v) is 17.0. The second kappa shape index (κ2) is 6.98. The number of carbonyl (C=O) groups is 1. The molecule has 0 unspecified atom stereocenters. The first-order valence-electron chi connectivity index (χ1n) is 9.11. The van der Waals surface area contributed by atoms with Crippen LogP contribution in [-0.2, 0) is 0 Å². The molecule has 3 heterocycles. The van der Waals surface area contributed by atoms with Crippen LogP contribution in [0.2, 0.25) is 19.1 Å². The van der Waals surface area contributed by atoms with E-state index < -0.39 is 8.24 Å². The van der Waals surface area contributed by atoms with E-state index in [1.165, 1.54) is 12.5 Å². The van der Waals surface area contributed by atoms with Gasteiger partial charge in [0.15, 0.2) is 0 Å². The zero-order valence-electron chi connectivity index (χ0n) is 15.1. The van der Waals surface area contributed by atoms with Gasteiger partial charge in [-0.05, 0) is 18.5 Å².